The molecule has 1 unspecified atom stereocenters. The first-order valence-corrected chi connectivity index (χ1v) is 8.56. The number of aryl methyl sites for hydroxylation is 1. The van der Waals surface area contributed by atoms with Gasteiger partial charge in [0.05, 0.1) is 6.04 Å². The summed E-state index contributed by atoms with van der Waals surface area (Å²) in [5, 5.41) is 3.46. The standard InChI is InChI=1S/C17H18Br2FN/c1-3-8-21-17(14-9-12(18)5-4-11(14)2)15-10-13(19)6-7-16(15)20/h4-7,9-10,17,21H,3,8H2,1-2H3. The van der Waals surface area contributed by atoms with Crippen molar-refractivity contribution in [2.45, 2.75) is 26.3 Å². The van der Waals surface area contributed by atoms with Crippen LogP contribution in [0.4, 0.5) is 4.39 Å². The summed E-state index contributed by atoms with van der Waals surface area (Å²) in [6, 6.07) is 11.0. The molecule has 2 rings (SSSR count). The highest BCUT2D eigenvalue weighted by Crippen LogP contribution is 2.30. The van der Waals surface area contributed by atoms with Gasteiger partial charge in [0.2, 0.25) is 0 Å². The lowest BCUT2D eigenvalue weighted by Crippen LogP contribution is -2.25. The van der Waals surface area contributed by atoms with Gasteiger partial charge in [-0.15, -0.1) is 0 Å². The van der Waals surface area contributed by atoms with Crippen LogP contribution in [-0.2, 0) is 0 Å². The summed E-state index contributed by atoms with van der Waals surface area (Å²) in [5.74, 6) is -0.189. The first-order chi connectivity index (χ1) is 10.0. The fourth-order valence-electron chi connectivity index (χ4n) is 2.33. The second-order valence-corrected chi connectivity index (χ2v) is 6.89. The van der Waals surface area contributed by atoms with Gasteiger partial charge in [0, 0.05) is 14.5 Å². The molecule has 0 aliphatic heterocycles. The zero-order valence-electron chi connectivity index (χ0n) is 12.1. The minimum atomic E-state index is -0.189. The van der Waals surface area contributed by atoms with Gasteiger partial charge in [0.15, 0.2) is 0 Å². The van der Waals surface area contributed by atoms with Crippen LogP contribution < -0.4 is 5.32 Å². The molecule has 0 saturated carbocycles. The summed E-state index contributed by atoms with van der Waals surface area (Å²) in [7, 11) is 0. The maximum Gasteiger partial charge on any atom is 0.128 e. The zero-order chi connectivity index (χ0) is 15.4. The zero-order valence-corrected chi connectivity index (χ0v) is 15.3. The molecule has 112 valence electrons. The molecule has 0 spiro atoms. The Kier molecular flexibility index (Phi) is 5.97. The van der Waals surface area contributed by atoms with Gasteiger partial charge < -0.3 is 5.32 Å². The first kappa shape index (κ1) is 16.7. The lowest BCUT2D eigenvalue weighted by molar-refractivity contribution is 0.545. The predicted octanol–water partition coefficient (Wildman–Crippen LogP) is 5.75. The van der Waals surface area contributed by atoms with E-state index in [4.69, 9.17) is 0 Å². The van der Waals surface area contributed by atoms with E-state index in [9.17, 15) is 4.39 Å². The van der Waals surface area contributed by atoms with E-state index in [1.54, 1.807) is 6.07 Å². The van der Waals surface area contributed by atoms with Gasteiger partial charge in [-0.1, -0.05) is 44.8 Å². The average Bonchev–Trinajstić information content (AvgIpc) is 2.46. The van der Waals surface area contributed by atoms with Gasteiger partial charge in [-0.05, 0) is 61.3 Å². The number of rotatable bonds is 5. The van der Waals surface area contributed by atoms with Gasteiger partial charge in [-0.2, -0.15) is 0 Å². The molecule has 0 aliphatic rings. The van der Waals surface area contributed by atoms with Crippen molar-refractivity contribution in [2.24, 2.45) is 0 Å². The molecule has 0 radical (unpaired) electrons. The highest BCUT2D eigenvalue weighted by molar-refractivity contribution is 9.10. The van der Waals surface area contributed by atoms with Crippen molar-refractivity contribution >= 4 is 31.9 Å². The minimum Gasteiger partial charge on any atom is -0.306 e. The average molecular weight is 415 g/mol. The van der Waals surface area contributed by atoms with Crippen molar-refractivity contribution in [3.05, 3.63) is 67.9 Å². The molecule has 0 fully saturated rings. The fourth-order valence-corrected chi connectivity index (χ4v) is 3.09. The van der Waals surface area contributed by atoms with Gasteiger partial charge in [-0.25, -0.2) is 4.39 Å². The van der Waals surface area contributed by atoms with E-state index < -0.39 is 0 Å². The highest BCUT2D eigenvalue weighted by Gasteiger charge is 2.19. The van der Waals surface area contributed by atoms with Crippen molar-refractivity contribution < 1.29 is 4.39 Å². The highest BCUT2D eigenvalue weighted by atomic mass is 79.9. The molecular formula is C17H18Br2FN. The number of hydrogen-bond donors (Lipinski definition) is 1. The van der Waals surface area contributed by atoms with E-state index in [1.165, 1.54) is 6.07 Å². The Balaban J connectivity index is 2.52. The maximum atomic E-state index is 14.3. The third-order valence-electron chi connectivity index (χ3n) is 3.42. The predicted molar refractivity (Wildman–Crippen MR) is 93.1 cm³/mol. The van der Waals surface area contributed by atoms with Gasteiger partial charge in [0.25, 0.3) is 0 Å². The molecule has 2 aromatic carbocycles. The Morgan fingerprint density at radius 2 is 1.67 bits per heavy atom. The molecule has 0 amide bonds. The molecule has 0 aromatic heterocycles. The molecule has 0 heterocycles. The number of nitrogens with one attached hydrogen (secondary N) is 1. The summed E-state index contributed by atoms with van der Waals surface area (Å²) >= 11 is 6.94. The molecule has 0 aliphatic carbocycles. The van der Waals surface area contributed by atoms with E-state index in [0.29, 0.717) is 5.56 Å². The number of halogens is 3. The molecule has 0 bridgehead atoms. The second-order valence-electron chi connectivity index (χ2n) is 5.05. The SMILES string of the molecule is CCCNC(c1cc(Br)ccc1C)c1cc(Br)ccc1F. The second kappa shape index (κ2) is 7.52. The van der Waals surface area contributed by atoms with E-state index in [-0.39, 0.29) is 11.9 Å². The smallest absolute Gasteiger partial charge is 0.128 e. The van der Waals surface area contributed by atoms with Crippen molar-refractivity contribution in [3.63, 3.8) is 0 Å². The van der Waals surface area contributed by atoms with Crippen LogP contribution in [0.3, 0.4) is 0 Å². The third-order valence-corrected chi connectivity index (χ3v) is 4.41. The van der Waals surface area contributed by atoms with E-state index >= 15 is 0 Å². The van der Waals surface area contributed by atoms with Crippen LogP contribution in [0.5, 0.6) is 0 Å². The van der Waals surface area contributed by atoms with Crippen LogP contribution in [0.15, 0.2) is 45.3 Å². The summed E-state index contributed by atoms with van der Waals surface area (Å²) in [6.45, 7) is 5.00. The Hall–Kier alpha value is -0.710. The summed E-state index contributed by atoms with van der Waals surface area (Å²) in [4.78, 5) is 0. The molecule has 0 saturated heterocycles. The molecular weight excluding hydrogens is 397 g/mol. The van der Waals surface area contributed by atoms with Crippen LogP contribution in [0, 0.1) is 12.7 Å². The van der Waals surface area contributed by atoms with Crippen molar-refractivity contribution in [3.8, 4) is 0 Å². The van der Waals surface area contributed by atoms with Crippen molar-refractivity contribution in [1.29, 1.82) is 0 Å². The third kappa shape index (κ3) is 4.15. The van der Waals surface area contributed by atoms with Crippen LogP contribution >= 0.6 is 31.9 Å². The van der Waals surface area contributed by atoms with Crippen molar-refractivity contribution in [1.82, 2.24) is 5.32 Å². The van der Waals surface area contributed by atoms with E-state index in [0.717, 1.165) is 33.0 Å². The van der Waals surface area contributed by atoms with Crippen molar-refractivity contribution in [2.75, 3.05) is 6.54 Å². The first-order valence-electron chi connectivity index (χ1n) is 6.97. The molecule has 1 nitrogen and oxygen atoms in total. The Bertz CT molecular complexity index is 577. The summed E-state index contributed by atoms with van der Waals surface area (Å²) in [5.41, 5.74) is 2.90. The summed E-state index contributed by atoms with van der Waals surface area (Å²) in [6.07, 6.45) is 0.999. The maximum absolute atomic E-state index is 14.3. The number of benzene rings is 2. The molecule has 4 heteroatoms. The minimum absolute atomic E-state index is 0.153. The normalized spacial score (nSPS) is 12.4. The van der Waals surface area contributed by atoms with Crippen LogP contribution in [0.2, 0.25) is 0 Å². The monoisotopic (exact) mass is 413 g/mol. The Labute approximate surface area is 142 Å². The lowest BCUT2D eigenvalue weighted by Gasteiger charge is -2.22. The van der Waals surface area contributed by atoms with E-state index in [2.05, 4.69) is 63.2 Å². The van der Waals surface area contributed by atoms with Crippen LogP contribution in [0.1, 0.15) is 36.1 Å². The van der Waals surface area contributed by atoms with Gasteiger partial charge in [-0.3, -0.25) is 0 Å². The molecule has 2 aromatic rings. The molecule has 1 N–H and O–H groups in total. The Morgan fingerprint density at radius 1 is 1.05 bits per heavy atom. The quantitative estimate of drug-likeness (QED) is 0.656. The fraction of sp³-hybridized carbons (Fsp3) is 0.294. The van der Waals surface area contributed by atoms with Gasteiger partial charge >= 0.3 is 0 Å². The van der Waals surface area contributed by atoms with Gasteiger partial charge in [0.1, 0.15) is 5.82 Å². The largest absolute Gasteiger partial charge is 0.306 e. The van der Waals surface area contributed by atoms with E-state index in [1.807, 2.05) is 12.1 Å². The van der Waals surface area contributed by atoms with Crippen LogP contribution in [-0.4, -0.2) is 6.54 Å². The Morgan fingerprint density at radius 3 is 2.33 bits per heavy atom. The number of hydrogen-bond acceptors (Lipinski definition) is 1. The summed E-state index contributed by atoms with van der Waals surface area (Å²) < 4.78 is 16.2. The lowest BCUT2D eigenvalue weighted by atomic mass is 9.94. The van der Waals surface area contributed by atoms with Crippen LogP contribution in [0.25, 0.3) is 0 Å². The topological polar surface area (TPSA) is 12.0 Å². The molecule has 1 atom stereocenters. The molecule has 21 heavy (non-hydrogen) atoms.